The van der Waals surface area contributed by atoms with Gasteiger partial charge in [-0.15, -0.1) is 0 Å². The van der Waals surface area contributed by atoms with E-state index in [0.29, 0.717) is 0 Å². The van der Waals surface area contributed by atoms with Gasteiger partial charge in [0, 0.05) is 45.2 Å². The van der Waals surface area contributed by atoms with E-state index >= 15 is 0 Å². The number of hydrogen-bond acceptors (Lipinski definition) is 3. The summed E-state index contributed by atoms with van der Waals surface area (Å²) in [5, 5.41) is 3.46. The molecule has 11 rings (SSSR count). The van der Waals surface area contributed by atoms with Crippen molar-refractivity contribution in [2.24, 2.45) is 0 Å². The zero-order valence-corrected chi connectivity index (χ0v) is 31.9. The molecule has 9 aromatic rings. The molecule has 0 bridgehead atoms. The molecule has 2 aliphatic rings. The van der Waals surface area contributed by atoms with Crippen molar-refractivity contribution in [3.05, 3.63) is 211 Å². The number of para-hydroxylation sites is 1. The van der Waals surface area contributed by atoms with Crippen LogP contribution in [0.15, 0.2) is 203 Å². The summed E-state index contributed by atoms with van der Waals surface area (Å²) in [4.78, 5) is 2.33. The molecule has 58 heavy (non-hydrogen) atoms. The van der Waals surface area contributed by atoms with E-state index in [1.807, 2.05) is 12.1 Å². The Hall–Kier alpha value is -7.36. The predicted molar refractivity (Wildman–Crippen MR) is 243 cm³/mol. The minimum Gasteiger partial charge on any atom is -0.460 e. The Morgan fingerprint density at radius 1 is 0.414 bits per heavy atom. The van der Waals surface area contributed by atoms with Crippen LogP contribution in [-0.2, 0) is 6.42 Å². The van der Waals surface area contributed by atoms with Crippen molar-refractivity contribution in [3.8, 4) is 33.4 Å². The molecule has 2 heterocycles. The zero-order valence-electron chi connectivity index (χ0n) is 31.9. The van der Waals surface area contributed by atoms with Crippen LogP contribution in [0.4, 0.5) is 17.1 Å². The van der Waals surface area contributed by atoms with Crippen molar-refractivity contribution < 1.29 is 8.83 Å². The molecule has 0 saturated carbocycles. The van der Waals surface area contributed by atoms with Crippen LogP contribution in [0.2, 0.25) is 0 Å². The molecular formula is C55H39NO2. The third kappa shape index (κ3) is 6.18. The molecule has 0 radical (unpaired) electrons. The maximum absolute atomic E-state index is 6.31. The monoisotopic (exact) mass is 745 g/mol. The van der Waals surface area contributed by atoms with Gasteiger partial charge in [-0.05, 0) is 124 Å². The molecule has 0 aliphatic heterocycles. The van der Waals surface area contributed by atoms with Crippen molar-refractivity contribution in [2.45, 2.75) is 19.3 Å². The van der Waals surface area contributed by atoms with Crippen LogP contribution in [-0.4, -0.2) is 0 Å². The number of nitrogens with zero attached hydrogens (tertiary/aromatic N) is 1. The number of rotatable bonds is 7. The van der Waals surface area contributed by atoms with E-state index in [1.54, 1.807) is 0 Å². The summed E-state index contributed by atoms with van der Waals surface area (Å²) >= 11 is 0. The van der Waals surface area contributed by atoms with Gasteiger partial charge in [0.15, 0.2) is 0 Å². The summed E-state index contributed by atoms with van der Waals surface area (Å²) in [7, 11) is 0. The van der Waals surface area contributed by atoms with Crippen LogP contribution in [0.1, 0.15) is 29.7 Å². The Labute approximate surface area is 337 Å². The quantitative estimate of drug-likeness (QED) is 0.163. The highest BCUT2D eigenvalue weighted by Crippen LogP contribution is 2.40. The summed E-state index contributed by atoms with van der Waals surface area (Å²) in [6.07, 6.45) is 18.3. The number of allylic oxidation sites excluding steroid dienone is 7. The standard InChI is InChI=1S/C55H39NO2/c1-2-4-10-37(9-3-1)38-15-17-39(18-16-38)40-19-27-45(28-20-40)56(46-29-21-41(22-30-46)43-25-33-50-48-11-5-7-13-52(48)57-54(50)35-43)47-31-23-42(24-32-47)44-26-34-51-49-12-6-8-14-53(49)58-55(51)36-44/h1,3-7,9-13,15-36H,2,8,14H2. The van der Waals surface area contributed by atoms with Crippen molar-refractivity contribution in [3.63, 3.8) is 0 Å². The van der Waals surface area contributed by atoms with Gasteiger partial charge in [0.05, 0.1) is 0 Å². The van der Waals surface area contributed by atoms with E-state index in [0.717, 1.165) is 91.9 Å². The van der Waals surface area contributed by atoms with E-state index in [9.17, 15) is 0 Å². The van der Waals surface area contributed by atoms with Crippen LogP contribution in [0.25, 0.3) is 77.9 Å². The van der Waals surface area contributed by atoms with Gasteiger partial charge >= 0.3 is 0 Å². The Morgan fingerprint density at radius 3 is 1.62 bits per heavy atom. The van der Waals surface area contributed by atoms with Crippen molar-refractivity contribution in [1.82, 2.24) is 0 Å². The maximum Gasteiger partial charge on any atom is 0.136 e. The number of aryl methyl sites for hydroxylation is 1. The summed E-state index contributed by atoms with van der Waals surface area (Å²) < 4.78 is 12.5. The fraction of sp³-hybridized carbons (Fsp3) is 0.0545. The third-order valence-electron chi connectivity index (χ3n) is 11.6. The molecule has 0 unspecified atom stereocenters. The fourth-order valence-corrected chi connectivity index (χ4v) is 8.52. The highest BCUT2D eigenvalue weighted by molar-refractivity contribution is 6.06. The lowest BCUT2D eigenvalue weighted by Crippen LogP contribution is -2.09. The molecule has 276 valence electrons. The molecular weight excluding hydrogens is 707 g/mol. The topological polar surface area (TPSA) is 29.5 Å². The number of furan rings is 2. The van der Waals surface area contributed by atoms with E-state index < -0.39 is 0 Å². The number of benzene rings is 7. The molecule has 7 aromatic carbocycles. The predicted octanol–water partition coefficient (Wildman–Crippen LogP) is 15.7. The molecule has 2 aromatic heterocycles. The van der Waals surface area contributed by atoms with Gasteiger partial charge in [0.25, 0.3) is 0 Å². The molecule has 0 fully saturated rings. The highest BCUT2D eigenvalue weighted by atomic mass is 16.3. The maximum atomic E-state index is 6.31. The summed E-state index contributed by atoms with van der Waals surface area (Å²) in [6.45, 7) is 0. The van der Waals surface area contributed by atoms with Crippen LogP contribution in [0.5, 0.6) is 0 Å². The smallest absolute Gasteiger partial charge is 0.136 e. The molecule has 3 heteroatoms. The van der Waals surface area contributed by atoms with Crippen LogP contribution >= 0.6 is 0 Å². The minimum atomic E-state index is 0.900. The summed E-state index contributed by atoms with van der Waals surface area (Å²) in [5.41, 5.74) is 16.6. The van der Waals surface area contributed by atoms with Gasteiger partial charge in [-0.25, -0.2) is 0 Å². The second-order valence-corrected chi connectivity index (χ2v) is 15.1. The number of anilines is 3. The first kappa shape index (κ1) is 33.9. The molecule has 0 amide bonds. The minimum absolute atomic E-state index is 0.900. The first-order valence-corrected chi connectivity index (χ1v) is 20.1. The average Bonchev–Trinajstić information content (AvgIpc) is 3.72. The van der Waals surface area contributed by atoms with Gasteiger partial charge in [-0.3, -0.25) is 0 Å². The SMILES string of the molecule is C1=CCC=CC(c2ccc(-c3ccc(N(c4ccc(-c5ccc6c7c(oc6c5)CCC=C7)cc4)c4ccc(-c5ccc6c(c5)oc5ccccc56)cc4)cc3)cc2)=C1. The Morgan fingerprint density at radius 2 is 0.948 bits per heavy atom. The lowest BCUT2D eigenvalue weighted by molar-refractivity contribution is 0.546. The first-order chi connectivity index (χ1) is 28.7. The van der Waals surface area contributed by atoms with E-state index in [-0.39, 0.29) is 0 Å². The molecule has 0 atom stereocenters. The summed E-state index contributed by atoms with van der Waals surface area (Å²) in [5.74, 6) is 1.09. The second-order valence-electron chi connectivity index (χ2n) is 15.1. The number of hydrogen-bond donors (Lipinski definition) is 0. The van der Waals surface area contributed by atoms with E-state index in [2.05, 4.69) is 193 Å². The number of fused-ring (bicyclic) bond motifs is 6. The third-order valence-corrected chi connectivity index (χ3v) is 11.6. The fourth-order valence-electron chi connectivity index (χ4n) is 8.52. The highest BCUT2D eigenvalue weighted by Gasteiger charge is 2.17. The van der Waals surface area contributed by atoms with Gasteiger partial charge in [0.1, 0.15) is 22.5 Å². The van der Waals surface area contributed by atoms with Gasteiger partial charge in [-0.1, -0.05) is 134 Å². The van der Waals surface area contributed by atoms with E-state index in [4.69, 9.17) is 8.83 Å². The van der Waals surface area contributed by atoms with Crippen LogP contribution in [0.3, 0.4) is 0 Å². The molecule has 2 aliphatic carbocycles. The average molecular weight is 746 g/mol. The van der Waals surface area contributed by atoms with Gasteiger partial charge in [0.2, 0.25) is 0 Å². The summed E-state index contributed by atoms with van der Waals surface area (Å²) in [6, 6.07) is 56.8. The Kier molecular flexibility index (Phi) is 8.36. The van der Waals surface area contributed by atoms with Crippen molar-refractivity contribution in [1.29, 1.82) is 0 Å². The van der Waals surface area contributed by atoms with Gasteiger partial charge in [-0.2, -0.15) is 0 Å². The molecule has 3 nitrogen and oxygen atoms in total. The van der Waals surface area contributed by atoms with Crippen molar-refractivity contribution in [2.75, 3.05) is 4.90 Å². The molecule has 0 spiro atoms. The van der Waals surface area contributed by atoms with Crippen LogP contribution in [0, 0.1) is 0 Å². The zero-order chi connectivity index (χ0) is 38.4. The molecule has 0 saturated heterocycles. The van der Waals surface area contributed by atoms with E-state index in [1.165, 1.54) is 33.2 Å². The Bertz CT molecular complexity index is 3100. The normalized spacial score (nSPS) is 13.6. The largest absolute Gasteiger partial charge is 0.460 e. The Balaban J connectivity index is 0.929. The second kappa shape index (κ2) is 14.3. The van der Waals surface area contributed by atoms with Gasteiger partial charge < -0.3 is 13.7 Å². The lowest BCUT2D eigenvalue weighted by atomic mass is 9.99. The molecule has 0 N–H and O–H groups in total. The first-order valence-electron chi connectivity index (χ1n) is 20.1. The van der Waals surface area contributed by atoms with Crippen LogP contribution < -0.4 is 4.90 Å². The van der Waals surface area contributed by atoms with Crippen molar-refractivity contribution >= 4 is 61.6 Å². The lowest BCUT2D eigenvalue weighted by Gasteiger charge is -2.26.